The van der Waals surface area contributed by atoms with Crippen molar-refractivity contribution in [3.63, 3.8) is 0 Å². The van der Waals surface area contributed by atoms with Crippen molar-refractivity contribution in [3.05, 3.63) is 0 Å². The van der Waals surface area contributed by atoms with Crippen LogP contribution in [0.5, 0.6) is 0 Å². The van der Waals surface area contributed by atoms with E-state index in [-0.39, 0.29) is 16.6 Å². The fourth-order valence-electron chi connectivity index (χ4n) is 10.6. The quantitative estimate of drug-likeness (QED) is 0.240. The second-order valence-electron chi connectivity index (χ2n) is 20.4. The van der Waals surface area contributed by atoms with Crippen molar-refractivity contribution in [2.24, 2.45) is 52.3 Å². The fourth-order valence-corrected chi connectivity index (χ4v) is 13.1. The minimum Gasteiger partial charge on any atom is -0.417 e. The maximum absolute atomic E-state index is 11.8. The third-order valence-corrected chi connectivity index (χ3v) is 24.6. The van der Waals surface area contributed by atoms with Crippen molar-refractivity contribution < 1.29 is 14.0 Å². The number of hydrogen-bond donors (Lipinski definition) is 1. The number of rotatable bonds is 10. The lowest BCUT2D eigenvalue weighted by Crippen LogP contribution is -2.59. The second-order valence-corrected chi connectivity index (χ2v) is 29.9. The summed E-state index contributed by atoms with van der Waals surface area (Å²) in [4.78, 5) is 0. The molecular formula is C39H76O3Si2. The molecule has 4 rings (SSSR count). The van der Waals surface area contributed by atoms with Crippen molar-refractivity contribution in [1.82, 2.24) is 0 Å². The normalized spacial score (nSPS) is 39.8. The molecule has 0 aliphatic heterocycles. The smallest absolute Gasteiger partial charge is 0.192 e. The van der Waals surface area contributed by atoms with Crippen molar-refractivity contribution in [3.8, 4) is 0 Å². The Morgan fingerprint density at radius 1 is 0.750 bits per heavy atom. The molecule has 0 aromatic rings. The van der Waals surface area contributed by atoms with Gasteiger partial charge in [-0.2, -0.15) is 0 Å². The van der Waals surface area contributed by atoms with Crippen molar-refractivity contribution in [2.45, 2.75) is 188 Å². The summed E-state index contributed by atoms with van der Waals surface area (Å²) in [7, 11) is -3.46. The summed E-state index contributed by atoms with van der Waals surface area (Å²) < 4.78 is 13.5. The summed E-state index contributed by atoms with van der Waals surface area (Å²) in [6.07, 6.45) is 14.3. The molecular weight excluding hydrogens is 573 g/mol. The summed E-state index contributed by atoms with van der Waals surface area (Å²) in [5.41, 5.74) is 0.743. The molecule has 0 amide bonds. The third-order valence-electron chi connectivity index (χ3n) is 15.6. The first kappa shape index (κ1) is 37.1. The largest absolute Gasteiger partial charge is 0.417 e. The minimum atomic E-state index is -1.80. The Morgan fingerprint density at radius 3 is 1.95 bits per heavy atom. The van der Waals surface area contributed by atoms with E-state index in [1.807, 2.05) is 0 Å². The molecule has 4 saturated carbocycles. The fraction of sp³-hybridized carbons (Fsp3) is 1.00. The molecule has 5 heteroatoms. The molecule has 0 aromatic heterocycles. The van der Waals surface area contributed by atoms with Gasteiger partial charge in [-0.3, -0.25) is 0 Å². The maximum Gasteiger partial charge on any atom is 0.192 e. The number of aliphatic hydroxyl groups excluding tert-OH is 1. The Bertz CT molecular complexity index is 965. The Labute approximate surface area is 277 Å². The molecule has 0 radical (unpaired) electrons. The third kappa shape index (κ3) is 7.18. The highest BCUT2D eigenvalue weighted by atomic mass is 28.4. The standard InChI is InChI=1S/C39H76O3Si2/c1-27(26-41-43(11,12)36(3,4)5)16-15-17-28(2)31-18-19-32-30-25-35(40)34-24-29(42-44(13,14)37(6,7)8)20-22-39(34,10)33(30)21-23-38(31,32)9/h27-35,40H,15-26H2,1-14H3/t27-,28-,29+,30+,31-,32+,33+,34-,35-,38-,39-/m1/s1. The average Bonchev–Trinajstić information content (AvgIpc) is 3.24. The van der Waals surface area contributed by atoms with Crippen LogP contribution in [-0.2, 0) is 8.85 Å². The van der Waals surface area contributed by atoms with Crippen LogP contribution in [0.2, 0.25) is 36.3 Å². The first-order valence-electron chi connectivity index (χ1n) is 19.0. The average molecular weight is 649 g/mol. The Balaban J connectivity index is 1.34. The van der Waals surface area contributed by atoms with E-state index >= 15 is 0 Å². The molecule has 4 aliphatic rings. The van der Waals surface area contributed by atoms with E-state index in [4.69, 9.17) is 8.85 Å². The Morgan fingerprint density at radius 2 is 1.34 bits per heavy atom. The van der Waals surface area contributed by atoms with Crippen molar-refractivity contribution >= 4 is 16.6 Å². The lowest BCUT2D eigenvalue weighted by atomic mass is 9.44. The van der Waals surface area contributed by atoms with E-state index in [0.29, 0.717) is 34.3 Å². The van der Waals surface area contributed by atoms with Gasteiger partial charge in [0.1, 0.15) is 0 Å². The highest BCUT2D eigenvalue weighted by molar-refractivity contribution is 6.74. The Hall–Kier alpha value is 0.314. The van der Waals surface area contributed by atoms with Crippen LogP contribution in [-0.4, -0.2) is 40.6 Å². The maximum atomic E-state index is 11.8. The molecule has 4 aliphatic carbocycles. The number of aliphatic hydroxyl groups is 1. The van der Waals surface area contributed by atoms with Crippen LogP contribution in [0.3, 0.4) is 0 Å². The van der Waals surface area contributed by atoms with E-state index in [2.05, 4.69) is 95.4 Å². The van der Waals surface area contributed by atoms with Crippen LogP contribution in [0.1, 0.15) is 140 Å². The molecule has 0 heterocycles. The molecule has 258 valence electrons. The van der Waals surface area contributed by atoms with Gasteiger partial charge in [-0.1, -0.05) is 82.1 Å². The van der Waals surface area contributed by atoms with Gasteiger partial charge in [0.2, 0.25) is 0 Å². The highest BCUT2D eigenvalue weighted by Gasteiger charge is 2.62. The Kier molecular flexibility index (Phi) is 11.0. The first-order chi connectivity index (χ1) is 20.0. The van der Waals surface area contributed by atoms with Gasteiger partial charge in [-0.15, -0.1) is 0 Å². The van der Waals surface area contributed by atoms with E-state index in [0.717, 1.165) is 43.1 Å². The minimum absolute atomic E-state index is 0.152. The molecule has 3 nitrogen and oxygen atoms in total. The molecule has 0 aromatic carbocycles. The summed E-state index contributed by atoms with van der Waals surface area (Å²) in [5, 5.41) is 12.4. The molecule has 0 unspecified atom stereocenters. The van der Waals surface area contributed by atoms with Crippen LogP contribution in [0.4, 0.5) is 0 Å². The van der Waals surface area contributed by atoms with Gasteiger partial charge in [0.05, 0.1) is 6.10 Å². The first-order valence-corrected chi connectivity index (χ1v) is 24.8. The van der Waals surface area contributed by atoms with Gasteiger partial charge in [-0.05, 0) is 146 Å². The second kappa shape index (κ2) is 13.0. The van der Waals surface area contributed by atoms with Gasteiger partial charge in [-0.25, -0.2) is 0 Å². The molecule has 0 spiro atoms. The SMILES string of the molecule is C[C@H](CCC[C@@H](C)[C@H]1CC[C@H]2[C@@H]3C[C@@H](O)[C@H]4C[C@@H](O[Si](C)(C)C(C)(C)C)CC[C@]4(C)[C@H]3CC[C@]12C)CO[Si](C)(C)C(C)(C)C. The zero-order valence-electron chi connectivity index (χ0n) is 31.9. The predicted octanol–water partition coefficient (Wildman–Crippen LogP) is 11.5. The summed E-state index contributed by atoms with van der Waals surface area (Å²) >= 11 is 0. The molecule has 4 fully saturated rings. The van der Waals surface area contributed by atoms with Crippen LogP contribution < -0.4 is 0 Å². The predicted molar refractivity (Wildman–Crippen MR) is 194 cm³/mol. The van der Waals surface area contributed by atoms with E-state index in [1.165, 1.54) is 57.8 Å². The molecule has 0 saturated heterocycles. The number of hydrogen-bond acceptors (Lipinski definition) is 3. The zero-order chi connectivity index (χ0) is 33.1. The number of fused-ring (bicyclic) bond motifs is 5. The summed E-state index contributed by atoms with van der Waals surface area (Å²) in [6.45, 7) is 34.9. The molecule has 0 bridgehead atoms. The molecule has 44 heavy (non-hydrogen) atoms. The van der Waals surface area contributed by atoms with Gasteiger partial charge in [0, 0.05) is 12.7 Å². The van der Waals surface area contributed by atoms with Crippen molar-refractivity contribution in [2.75, 3.05) is 6.61 Å². The topological polar surface area (TPSA) is 38.7 Å². The van der Waals surface area contributed by atoms with Crippen LogP contribution in [0.25, 0.3) is 0 Å². The van der Waals surface area contributed by atoms with E-state index in [9.17, 15) is 5.11 Å². The summed E-state index contributed by atoms with van der Waals surface area (Å²) in [6, 6.07) is 0. The van der Waals surface area contributed by atoms with Gasteiger partial charge in [0.15, 0.2) is 16.6 Å². The lowest BCUT2D eigenvalue weighted by Gasteiger charge is -2.63. The zero-order valence-corrected chi connectivity index (χ0v) is 33.9. The van der Waals surface area contributed by atoms with Crippen LogP contribution in [0, 0.1) is 52.3 Å². The van der Waals surface area contributed by atoms with Crippen LogP contribution in [0.15, 0.2) is 0 Å². The summed E-state index contributed by atoms with van der Waals surface area (Å²) in [5.74, 6) is 5.03. The van der Waals surface area contributed by atoms with Crippen molar-refractivity contribution in [1.29, 1.82) is 0 Å². The van der Waals surface area contributed by atoms with Gasteiger partial charge >= 0.3 is 0 Å². The van der Waals surface area contributed by atoms with Crippen LogP contribution >= 0.6 is 0 Å². The molecule has 1 N–H and O–H groups in total. The highest BCUT2D eigenvalue weighted by Crippen LogP contribution is 2.68. The van der Waals surface area contributed by atoms with Gasteiger partial charge < -0.3 is 14.0 Å². The van der Waals surface area contributed by atoms with E-state index in [1.54, 1.807) is 0 Å². The van der Waals surface area contributed by atoms with E-state index < -0.39 is 16.6 Å². The molecule has 11 atom stereocenters. The monoisotopic (exact) mass is 649 g/mol. The van der Waals surface area contributed by atoms with Gasteiger partial charge in [0.25, 0.3) is 0 Å². The lowest BCUT2D eigenvalue weighted by molar-refractivity contribution is -0.171.